The number of nitrogens with zero attached hydrogens (tertiary/aromatic N) is 1. The largest absolute Gasteiger partial charge is 0.508 e. The molecule has 138 valence electrons. The molecule has 0 heterocycles. The van der Waals surface area contributed by atoms with E-state index in [1.165, 1.54) is 12.1 Å². The van der Waals surface area contributed by atoms with Gasteiger partial charge in [-0.05, 0) is 50.2 Å². The fourth-order valence-corrected chi connectivity index (χ4v) is 3.40. The molecule has 0 atom stereocenters. The van der Waals surface area contributed by atoms with E-state index in [9.17, 15) is 13.5 Å². The Kier molecular flexibility index (Phi) is 5.28. The highest BCUT2D eigenvalue weighted by Crippen LogP contribution is 2.18. The molecule has 3 rings (SSSR count). The fraction of sp³-hybridized carbons (Fsp3) is 0.0952. The van der Waals surface area contributed by atoms with Crippen LogP contribution in [0.25, 0.3) is 0 Å². The summed E-state index contributed by atoms with van der Waals surface area (Å²) in [6.45, 7) is 3.85. The minimum absolute atomic E-state index is 0.127. The number of amidine groups is 1. The average molecular weight is 380 g/mol. The van der Waals surface area contributed by atoms with E-state index >= 15 is 0 Å². The quantitative estimate of drug-likeness (QED) is 0.403. The fourth-order valence-electron chi connectivity index (χ4n) is 2.42. The maximum absolute atomic E-state index is 12.8. The normalized spacial score (nSPS) is 12.0. The monoisotopic (exact) mass is 380 g/mol. The molecule has 0 aliphatic rings. The predicted molar refractivity (Wildman–Crippen MR) is 108 cm³/mol. The molecule has 0 fully saturated rings. The summed E-state index contributed by atoms with van der Waals surface area (Å²) in [4.78, 5) is 0.130. The van der Waals surface area contributed by atoms with Crippen LogP contribution >= 0.6 is 0 Å². The van der Waals surface area contributed by atoms with Crippen LogP contribution in [-0.4, -0.2) is 19.4 Å². The second-order valence-electron chi connectivity index (χ2n) is 6.27. The molecule has 3 aromatic carbocycles. The maximum Gasteiger partial charge on any atom is 0.284 e. The molecule has 0 aliphatic carbocycles. The Morgan fingerprint density at radius 3 is 1.89 bits per heavy atom. The van der Waals surface area contributed by atoms with Crippen molar-refractivity contribution in [3.8, 4) is 5.75 Å². The number of phenols is 1. The lowest BCUT2D eigenvalue weighted by Gasteiger charge is -2.11. The summed E-state index contributed by atoms with van der Waals surface area (Å²) in [6, 6.07) is 20.3. The number of rotatable bonds is 4. The summed E-state index contributed by atoms with van der Waals surface area (Å²) < 4.78 is 29.6. The van der Waals surface area contributed by atoms with Gasteiger partial charge in [0.05, 0.1) is 4.90 Å². The highest BCUT2D eigenvalue weighted by molar-refractivity contribution is 7.90. The zero-order valence-corrected chi connectivity index (χ0v) is 15.9. The zero-order valence-electron chi connectivity index (χ0n) is 15.0. The van der Waals surface area contributed by atoms with Crippen LogP contribution in [0.1, 0.15) is 16.7 Å². The van der Waals surface area contributed by atoms with Gasteiger partial charge in [0.1, 0.15) is 5.75 Å². The van der Waals surface area contributed by atoms with Crippen molar-refractivity contribution < 1.29 is 13.5 Å². The summed E-state index contributed by atoms with van der Waals surface area (Å²) in [5.41, 5.74) is 3.29. The Morgan fingerprint density at radius 2 is 1.33 bits per heavy atom. The number of benzene rings is 3. The van der Waals surface area contributed by atoms with Gasteiger partial charge in [0.25, 0.3) is 10.0 Å². The number of hydrogen-bond donors (Lipinski definition) is 2. The van der Waals surface area contributed by atoms with Gasteiger partial charge in [-0.2, -0.15) is 8.42 Å². The molecule has 5 nitrogen and oxygen atoms in total. The van der Waals surface area contributed by atoms with Gasteiger partial charge in [-0.3, -0.25) is 0 Å². The van der Waals surface area contributed by atoms with Crippen molar-refractivity contribution >= 4 is 21.5 Å². The maximum atomic E-state index is 12.8. The third-order valence-corrected chi connectivity index (χ3v) is 5.28. The lowest BCUT2D eigenvalue weighted by atomic mass is 10.1. The van der Waals surface area contributed by atoms with E-state index in [1.807, 2.05) is 38.1 Å². The van der Waals surface area contributed by atoms with E-state index in [2.05, 4.69) is 9.71 Å². The molecule has 0 spiro atoms. The molecule has 0 saturated heterocycles. The highest BCUT2D eigenvalue weighted by Gasteiger charge is 2.16. The van der Waals surface area contributed by atoms with Gasteiger partial charge < -0.3 is 10.4 Å². The number of nitrogens with one attached hydrogen (secondary N) is 1. The van der Waals surface area contributed by atoms with Crippen molar-refractivity contribution in [1.82, 2.24) is 0 Å². The van der Waals surface area contributed by atoms with Crippen molar-refractivity contribution in [2.45, 2.75) is 18.7 Å². The van der Waals surface area contributed by atoms with Crippen LogP contribution in [0.4, 0.5) is 5.69 Å². The lowest BCUT2D eigenvalue weighted by molar-refractivity contribution is 0.475. The molecule has 6 heteroatoms. The van der Waals surface area contributed by atoms with Gasteiger partial charge >= 0.3 is 0 Å². The van der Waals surface area contributed by atoms with Crippen LogP contribution in [-0.2, 0) is 10.0 Å². The first kappa shape index (κ1) is 18.7. The van der Waals surface area contributed by atoms with Gasteiger partial charge in [-0.1, -0.05) is 47.5 Å². The second kappa shape index (κ2) is 7.63. The molecule has 0 amide bonds. The molecule has 0 radical (unpaired) electrons. The van der Waals surface area contributed by atoms with Crippen molar-refractivity contribution in [3.63, 3.8) is 0 Å². The first-order valence-electron chi connectivity index (χ1n) is 8.38. The standard InChI is InChI=1S/C21H20N2O3S/c1-15-3-7-17(8-4-15)21(22-18-9-11-19(24)12-10-18)23-27(25,26)20-13-5-16(2)6-14-20/h3-14,24H,1-2H3,(H,22,23). The van der Waals surface area contributed by atoms with Crippen LogP contribution < -0.4 is 5.32 Å². The first-order valence-corrected chi connectivity index (χ1v) is 9.82. The van der Waals surface area contributed by atoms with E-state index in [4.69, 9.17) is 0 Å². The van der Waals surface area contributed by atoms with E-state index in [1.54, 1.807) is 36.4 Å². The van der Waals surface area contributed by atoms with Crippen LogP contribution in [0.3, 0.4) is 0 Å². The Labute approximate surface area is 159 Å². The van der Waals surface area contributed by atoms with Gasteiger partial charge in [0.15, 0.2) is 5.84 Å². The summed E-state index contributed by atoms with van der Waals surface area (Å²) in [7, 11) is -3.89. The zero-order chi connectivity index (χ0) is 19.4. The van der Waals surface area contributed by atoms with E-state index in [0.29, 0.717) is 11.3 Å². The summed E-state index contributed by atoms with van der Waals surface area (Å²) in [5, 5.41) is 12.5. The third kappa shape index (κ3) is 4.74. The van der Waals surface area contributed by atoms with Crippen LogP contribution in [0, 0.1) is 13.8 Å². The van der Waals surface area contributed by atoms with Gasteiger partial charge in [-0.25, -0.2) is 0 Å². The number of aromatic hydroxyl groups is 1. The molecule has 2 N–H and O–H groups in total. The number of anilines is 1. The predicted octanol–water partition coefficient (Wildman–Crippen LogP) is 4.26. The van der Waals surface area contributed by atoms with Crippen molar-refractivity contribution in [2.75, 3.05) is 5.32 Å². The van der Waals surface area contributed by atoms with Crippen LogP contribution in [0.15, 0.2) is 82.1 Å². The Bertz CT molecular complexity index is 1050. The molecule has 0 bridgehead atoms. The number of aryl methyl sites for hydroxylation is 2. The molecule has 0 unspecified atom stereocenters. The van der Waals surface area contributed by atoms with E-state index in [0.717, 1.165) is 11.1 Å². The molecule has 27 heavy (non-hydrogen) atoms. The minimum Gasteiger partial charge on any atom is -0.508 e. The topological polar surface area (TPSA) is 78.8 Å². The van der Waals surface area contributed by atoms with Crippen molar-refractivity contribution in [2.24, 2.45) is 4.40 Å². The Balaban J connectivity index is 2.04. The van der Waals surface area contributed by atoms with Gasteiger partial charge in [0.2, 0.25) is 0 Å². The molecular weight excluding hydrogens is 360 g/mol. The highest BCUT2D eigenvalue weighted by atomic mass is 32.2. The summed E-state index contributed by atoms with van der Waals surface area (Å²) in [6.07, 6.45) is 0. The number of hydrogen-bond acceptors (Lipinski definition) is 3. The SMILES string of the molecule is Cc1ccc(/C(=N\S(=O)(=O)c2ccc(C)cc2)Nc2ccc(O)cc2)cc1. The smallest absolute Gasteiger partial charge is 0.284 e. The molecule has 0 aliphatic heterocycles. The Hall–Kier alpha value is -3.12. The molecule has 0 saturated carbocycles. The number of phenolic OH excluding ortho intramolecular Hbond substituents is 1. The third-order valence-electron chi connectivity index (χ3n) is 3.99. The number of sulfonamides is 1. The first-order chi connectivity index (χ1) is 12.8. The Morgan fingerprint density at radius 1 is 0.815 bits per heavy atom. The van der Waals surface area contributed by atoms with Gasteiger partial charge in [-0.15, -0.1) is 4.40 Å². The summed E-state index contributed by atoms with van der Waals surface area (Å²) >= 11 is 0. The van der Waals surface area contributed by atoms with Crippen LogP contribution in [0.2, 0.25) is 0 Å². The van der Waals surface area contributed by atoms with E-state index in [-0.39, 0.29) is 16.5 Å². The average Bonchev–Trinajstić information content (AvgIpc) is 2.64. The second-order valence-corrected chi connectivity index (χ2v) is 7.87. The van der Waals surface area contributed by atoms with Crippen LogP contribution in [0.5, 0.6) is 5.75 Å². The van der Waals surface area contributed by atoms with Crippen molar-refractivity contribution in [1.29, 1.82) is 0 Å². The molecular formula is C21H20N2O3S. The van der Waals surface area contributed by atoms with E-state index < -0.39 is 10.0 Å². The lowest BCUT2D eigenvalue weighted by Crippen LogP contribution is -2.16. The molecule has 0 aromatic heterocycles. The summed E-state index contributed by atoms with van der Waals surface area (Å²) in [5.74, 6) is 0.336. The van der Waals surface area contributed by atoms with Gasteiger partial charge in [0, 0.05) is 11.3 Å². The van der Waals surface area contributed by atoms with Crippen molar-refractivity contribution in [3.05, 3.63) is 89.5 Å². The minimum atomic E-state index is -3.89. The molecule has 3 aromatic rings.